The van der Waals surface area contributed by atoms with E-state index in [9.17, 15) is 19.5 Å². The number of carboxylic acids is 1. The fraction of sp³-hybridized carbons (Fsp3) is 0.500. The van der Waals surface area contributed by atoms with Crippen LogP contribution >= 0.6 is 34.9 Å². The van der Waals surface area contributed by atoms with Crippen LogP contribution in [0, 0.1) is 5.92 Å². The molecule has 4 rings (SSSR count). The second kappa shape index (κ2) is 8.92. The zero-order valence-corrected chi connectivity index (χ0v) is 19.6. The molecule has 3 aliphatic heterocycles. The van der Waals surface area contributed by atoms with Gasteiger partial charge in [0.05, 0.1) is 6.61 Å². The molecule has 0 spiro atoms. The van der Waals surface area contributed by atoms with Gasteiger partial charge in [-0.3, -0.25) is 14.5 Å². The third-order valence-electron chi connectivity index (χ3n) is 5.47. The van der Waals surface area contributed by atoms with Crippen LogP contribution in [-0.2, 0) is 24.0 Å². The Hall–Kier alpha value is -2.29. The number of carbonyl (C=O) groups excluding carboxylic acids is 2. The number of amides is 2. The minimum absolute atomic E-state index is 0.00812. The monoisotopic (exact) mass is 499 g/mol. The lowest BCUT2D eigenvalue weighted by Crippen LogP contribution is -2.78. The molecule has 2 fully saturated rings. The molecule has 2 saturated heterocycles. The van der Waals surface area contributed by atoms with Crippen LogP contribution in [0.25, 0.3) is 0 Å². The summed E-state index contributed by atoms with van der Waals surface area (Å²) in [7, 11) is 1.29. The highest BCUT2D eigenvalue weighted by Crippen LogP contribution is 2.52. The summed E-state index contributed by atoms with van der Waals surface area (Å²) in [4.78, 5) is 47.3. The van der Waals surface area contributed by atoms with Gasteiger partial charge in [-0.1, -0.05) is 5.16 Å². The Bertz CT molecular complexity index is 1020. The predicted molar refractivity (Wildman–Crippen MR) is 121 cm³/mol. The Morgan fingerprint density at radius 3 is 2.88 bits per heavy atom. The van der Waals surface area contributed by atoms with Gasteiger partial charge in [0.2, 0.25) is 0 Å². The summed E-state index contributed by atoms with van der Waals surface area (Å²) >= 11 is 3.70. The number of ether oxygens (including phenoxy) is 1. The van der Waals surface area contributed by atoms with Crippen molar-refractivity contribution in [2.24, 2.45) is 11.1 Å². The molecule has 172 valence electrons. The number of aromatic nitrogens is 1. The molecule has 1 aromatic rings. The quantitative estimate of drug-likeness (QED) is 0.209. The Balaban J connectivity index is 1.63. The molecule has 0 bridgehead atoms. The molecule has 0 saturated carbocycles. The van der Waals surface area contributed by atoms with Crippen LogP contribution in [-0.4, -0.2) is 81.1 Å². The standard InChI is InChI=1S/C18H21N5O6S3/c1-28-22-11(10-7-32-17(19)20-10)13(24)21-18(30-2)15(27)23-12(14(25)26)9(6-31-16(18)23)8-3-4-29-5-8/h7-8,16H,3-6H2,1-2H3,(H2,19,20)(H,21,24)(H,25,26)/t8?,16-,18?/m0/s1. The van der Waals surface area contributed by atoms with E-state index in [1.807, 2.05) is 0 Å². The summed E-state index contributed by atoms with van der Waals surface area (Å²) in [6.07, 6.45) is 2.41. The van der Waals surface area contributed by atoms with Crippen LogP contribution in [0.1, 0.15) is 12.1 Å². The van der Waals surface area contributed by atoms with Gasteiger partial charge < -0.3 is 25.7 Å². The molecule has 0 aliphatic carbocycles. The fourth-order valence-corrected chi connectivity index (χ4v) is 7.21. The van der Waals surface area contributed by atoms with E-state index in [0.29, 0.717) is 24.5 Å². The molecule has 2 amide bonds. The second-order valence-electron chi connectivity index (χ2n) is 7.17. The smallest absolute Gasteiger partial charge is 0.352 e. The zero-order valence-electron chi connectivity index (χ0n) is 17.2. The Morgan fingerprint density at radius 1 is 1.53 bits per heavy atom. The molecule has 14 heteroatoms. The van der Waals surface area contributed by atoms with Crippen LogP contribution in [0.4, 0.5) is 5.13 Å². The van der Waals surface area contributed by atoms with Crippen molar-refractivity contribution >= 4 is 63.5 Å². The highest BCUT2D eigenvalue weighted by Gasteiger charge is 2.66. The number of thioether (sulfide) groups is 2. The van der Waals surface area contributed by atoms with Crippen molar-refractivity contribution in [3.05, 3.63) is 22.3 Å². The molecule has 11 nitrogen and oxygen atoms in total. The van der Waals surface area contributed by atoms with E-state index in [0.717, 1.165) is 29.5 Å². The number of nitrogen functional groups attached to an aromatic ring is 1. The lowest BCUT2D eigenvalue weighted by Gasteiger charge is -2.56. The number of carbonyl (C=O) groups is 3. The Kier molecular flexibility index (Phi) is 6.38. The van der Waals surface area contributed by atoms with Crippen LogP contribution in [0.15, 0.2) is 21.8 Å². The van der Waals surface area contributed by atoms with E-state index in [2.05, 4.69) is 15.5 Å². The first kappa shape index (κ1) is 22.9. The van der Waals surface area contributed by atoms with E-state index in [1.54, 1.807) is 11.6 Å². The summed E-state index contributed by atoms with van der Waals surface area (Å²) in [6.45, 7) is 1.01. The van der Waals surface area contributed by atoms with E-state index in [4.69, 9.17) is 15.3 Å². The molecule has 32 heavy (non-hydrogen) atoms. The van der Waals surface area contributed by atoms with Crippen molar-refractivity contribution in [3.63, 3.8) is 0 Å². The summed E-state index contributed by atoms with van der Waals surface area (Å²) in [5, 5.41) is 17.6. The maximum absolute atomic E-state index is 13.3. The molecule has 2 unspecified atom stereocenters. The molecule has 0 radical (unpaired) electrons. The normalized spacial score (nSPS) is 27.8. The van der Waals surface area contributed by atoms with Gasteiger partial charge in [-0.15, -0.1) is 34.9 Å². The van der Waals surface area contributed by atoms with E-state index < -0.39 is 28.0 Å². The van der Waals surface area contributed by atoms with Gasteiger partial charge in [-0.05, 0) is 18.2 Å². The Labute approximate surface area is 195 Å². The minimum Gasteiger partial charge on any atom is -0.477 e. The number of fused-ring (bicyclic) bond motifs is 1. The van der Waals surface area contributed by atoms with Crippen molar-refractivity contribution < 1.29 is 29.1 Å². The van der Waals surface area contributed by atoms with Gasteiger partial charge in [-0.25, -0.2) is 9.78 Å². The topological polar surface area (TPSA) is 156 Å². The third kappa shape index (κ3) is 3.64. The van der Waals surface area contributed by atoms with Gasteiger partial charge in [0, 0.05) is 23.7 Å². The first-order chi connectivity index (χ1) is 15.3. The number of thiazole rings is 1. The van der Waals surface area contributed by atoms with Gasteiger partial charge in [0.15, 0.2) is 15.7 Å². The number of carboxylic acid groups (broad SMARTS) is 1. The summed E-state index contributed by atoms with van der Waals surface area (Å²) in [5.74, 6) is -1.93. The summed E-state index contributed by atoms with van der Waals surface area (Å²) in [6, 6.07) is 0. The molecule has 4 heterocycles. The van der Waals surface area contributed by atoms with Gasteiger partial charge in [-0.2, -0.15) is 0 Å². The average Bonchev–Trinajstić information content (AvgIpc) is 3.46. The molecular formula is C18H21N5O6S3. The summed E-state index contributed by atoms with van der Waals surface area (Å²) < 4.78 is 5.41. The van der Waals surface area contributed by atoms with Crippen LogP contribution in [0.5, 0.6) is 0 Å². The SMILES string of the molecule is CON=C(C(=O)NC1(SC)C(=O)N2C(C(=O)O)=C(C3CCOC3)CS[C@H]21)c1csc(N)n1. The van der Waals surface area contributed by atoms with Crippen LogP contribution in [0.3, 0.4) is 0 Å². The number of oxime groups is 1. The zero-order chi connectivity index (χ0) is 23.0. The maximum Gasteiger partial charge on any atom is 0.352 e. The molecule has 3 aliphatic rings. The van der Waals surface area contributed by atoms with Crippen LogP contribution in [0.2, 0.25) is 0 Å². The van der Waals surface area contributed by atoms with Crippen LogP contribution < -0.4 is 11.1 Å². The van der Waals surface area contributed by atoms with Crippen molar-refractivity contribution in [2.75, 3.05) is 38.1 Å². The number of hydrogen-bond donors (Lipinski definition) is 3. The number of hydrogen-bond acceptors (Lipinski definition) is 11. The first-order valence-corrected chi connectivity index (χ1v) is 12.7. The van der Waals surface area contributed by atoms with E-state index in [-0.39, 0.29) is 28.2 Å². The number of rotatable bonds is 7. The lowest BCUT2D eigenvalue weighted by atomic mass is 9.93. The van der Waals surface area contributed by atoms with Crippen molar-refractivity contribution in [1.82, 2.24) is 15.2 Å². The second-order valence-corrected chi connectivity index (χ2v) is 10.2. The van der Waals surface area contributed by atoms with E-state index >= 15 is 0 Å². The number of anilines is 1. The van der Waals surface area contributed by atoms with Crippen molar-refractivity contribution in [1.29, 1.82) is 0 Å². The minimum atomic E-state index is -1.35. The highest BCUT2D eigenvalue weighted by molar-refractivity contribution is 8.05. The highest BCUT2D eigenvalue weighted by atomic mass is 32.2. The molecule has 4 N–H and O–H groups in total. The largest absolute Gasteiger partial charge is 0.477 e. The van der Waals surface area contributed by atoms with Crippen molar-refractivity contribution in [2.45, 2.75) is 16.7 Å². The fourth-order valence-electron chi connectivity index (χ4n) is 3.94. The van der Waals surface area contributed by atoms with Gasteiger partial charge in [0.25, 0.3) is 11.8 Å². The molecule has 1 aromatic heterocycles. The predicted octanol–water partition coefficient (Wildman–Crippen LogP) is 0.542. The third-order valence-corrected chi connectivity index (χ3v) is 8.79. The lowest BCUT2D eigenvalue weighted by molar-refractivity contribution is -0.152. The molecule has 3 atom stereocenters. The number of β-lactam (4-membered cyclic amide) rings is 1. The number of nitrogens with zero attached hydrogens (tertiary/aromatic N) is 3. The Morgan fingerprint density at radius 2 is 2.31 bits per heavy atom. The summed E-state index contributed by atoms with van der Waals surface area (Å²) in [5.41, 5.74) is 6.45. The number of nitrogens with one attached hydrogen (secondary N) is 1. The molecular weight excluding hydrogens is 478 g/mol. The van der Waals surface area contributed by atoms with E-state index in [1.165, 1.54) is 23.8 Å². The first-order valence-electron chi connectivity index (χ1n) is 9.53. The number of aliphatic carboxylic acids is 1. The molecule has 0 aromatic carbocycles. The van der Waals surface area contributed by atoms with Gasteiger partial charge >= 0.3 is 5.97 Å². The average molecular weight is 500 g/mol. The number of nitrogens with two attached hydrogens (primary N) is 1. The van der Waals surface area contributed by atoms with Crippen molar-refractivity contribution in [3.8, 4) is 0 Å². The van der Waals surface area contributed by atoms with Gasteiger partial charge in [0.1, 0.15) is 23.9 Å². The maximum atomic E-state index is 13.3.